The summed E-state index contributed by atoms with van der Waals surface area (Å²) in [6, 6.07) is 7.65. The molecule has 0 atom stereocenters. The van der Waals surface area contributed by atoms with Gasteiger partial charge in [-0.1, -0.05) is 6.07 Å². The Morgan fingerprint density at radius 1 is 1.28 bits per heavy atom. The van der Waals surface area contributed by atoms with Crippen molar-refractivity contribution < 1.29 is 0 Å². The Morgan fingerprint density at radius 2 is 2.00 bits per heavy atom. The van der Waals surface area contributed by atoms with Crippen molar-refractivity contribution in [1.82, 2.24) is 13.5 Å². The van der Waals surface area contributed by atoms with E-state index in [-0.39, 0.29) is 18.1 Å². The van der Waals surface area contributed by atoms with Crippen molar-refractivity contribution in [3.05, 3.63) is 62.6 Å². The van der Waals surface area contributed by atoms with Crippen LogP contribution in [0.3, 0.4) is 0 Å². The lowest BCUT2D eigenvalue weighted by Gasteiger charge is -2.18. The molecule has 128 valence electrons. The maximum absolute atomic E-state index is 12.8. The summed E-state index contributed by atoms with van der Waals surface area (Å²) in [6.07, 6.45) is 3.57. The molecule has 3 heterocycles. The zero-order valence-electron chi connectivity index (χ0n) is 14.2. The molecule has 0 spiro atoms. The highest BCUT2D eigenvalue weighted by molar-refractivity contribution is 5.65. The second kappa shape index (κ2) is 5.87. The van der Waals surface area contributed by atoms with Crippen LogP contribution in [-0.4, -0.2) is 27.6 Å². The van der Waals surface area contributed by atoms with E-state index in [1.54, 1.807) is 29.6 Å². The number of anilines is 2. The monoisotopic (exact) mass is 338 g/mol. The van der Waals surface area contributed by atoms with E-state index in [0.717, 1.165) is 10.1 Å². The predicted octanol–water partition coefficient (Wildman–Crippen LogP) is 0.368. The zero-order chi connectivity index (χ0) is 18.3. The van der Waals surface area contributed by atoms with Crippen LogP contribution < -0.4 is 21.9 Å². The molecule has 0 amide bonds. The molecule has 0 radical (unpaired) electrons. The number of hydrogen-bond acceptors (Lipinski definition) is 5. The first kappa shape index (κ1) is 16.4. The number of aromatic nitrogens is 3. The predicted molar refractivity (Wildman–Crippen MR) is 95.9 cm³/mol. The summed E-state index contributed by atoms with van der Waals surface area (Å²) in [6.45, 7) is -0.00278. The van der Waals surface area contributed by atoms with E-state index in [1.165, 1.54) is 11.6 Å². The summed E-state index contributed by atoms with van der Waals surface area (Å²) in [4.78, 5) is 26.9. The molecule has 25 heavy (non-hydrogen) atoms. The Bertz CT molecular complexity index is 1130. The van der Waals surface area contributed by atoms with E-state index >= 15 is 0 Å². The maximum atomic E-state index is 12.8. The molecule has 3 aromatic heterocycles. The van der Waals surface area contributed by atoms with Crippen molar-refractivity contribution in [2.24, 2.45) is 7.05 Å². The molecule has 8 nitrogen and oxygen atoms in total. The van der Waals surface area contributed by atoms with Crippen LogP contribution in [0.5, 0.6) is 0 Å². The number of nitrogen functional groups attached to an aromatic ring is 1. The Morgan fingerprint density at radius 3 is 2.64 bits per heavy atom. The minimum Gasteiger partial charge on any atom is -0.383 e. The number of hydrogen-bond donors (Lipinski definition) is 1. The van der Waals surface area contributed by atoms with Crippen LogP contribution in [0, 0.1) is 11.3 Å². The van der Waals surface area contributed by atoms with Crippen molar-refractivity contribution in [3.8, 4) is 6.07 Å². The average molecular weight is 338 g/mol. The van der Waals surface area contributed by atoms with E-state index in [4.69, 9.17) is 5.73 Å². The third-order valence-electron chi connectivity index (χ3n) is 4.22. The van der Waals surface area contributed by atoms with Crippen LogP contribution in [0.15, 0.2) is 40.2 Å². The number of rotatable bonds is 3. The topological polar surface area (TPSA) is 101 Å². The third kappa shape index (κ3) is 2.46. The SMILES string of the molecule is CN(C)c1c(N)n(C)c(=O)n(Cc2cn3ccccc3c2C#N)c1=O. The van der Waals surface area contributed by atoms with Gasteiger partial charge in [0.1, 0.15) is 17.6 Å². The van der Waals surface area contributed by atoms with Crippen molar-refractivity contribution in [2.75, 3.05) is 24.7 Å². The van der Waals surface area contributed by atoms with E-state index in [9.17, 15) is 14.9 Å². The molecular formula is C17H18N6O2. The van der Waals surface area contributed by atoms with Crippen LogP contribution in [-0.2, 0) is 13.6 Å². The molecule has 0 saturated heterocycles. The lowest BCUT2D eigenvalue weighted by molar-refractivity contribution is 0.644. The molecule has 3 aromatic rings. The molecule has 0 saturated carbocycles. The first-order valence-corrected chi connectivity index (χ1v) is 7.62. The van der Waals surface area contributed by atoms with Crippen LogP contribution in [0.25, 0.3) is 5.52 Å². The average Bonchev–Trinajstić information content (AvgIpc) is 2.93. The Hall–Kier alpha value is -3.47. The highest BCUT2D eigenvalue weighted by atomic mass is 16.2. The minimum absolute atomic E-state index is 0.00278. The van der Waals surface area contributed by atoms with E-state index in [0.29, 0.717) is 11.1 Å². The summed E-state index contributed by atoms with van der Waals surface area (Å²) in [5.74, 6) is 0.110. The summed E-state index contributed by atoms with van der Waals surface area (Å²) >= 11 is 0. The van der Waals surface area contributed by atoms with Crippen molar-refractivity contribution in [1.29, 1.82) is 5.26 Å². The lowest BCUT2D eigenvalue weighted by Crippen LogP contribution is -2.43. The fourth-order valence-electron chi connectivity index (χ4n) is 2.92. The van der Waals surface area contributed by atoms with Gasteiger partial charge in [0.05, 0.1) is 17.6 Å². The summed E-state index contributed by atoms with van der Waals surface area (Å²) < 4.78 is 4.13. The minimum atomic E-state index is -0.521. The molecule has 2 N–H and O–H groups in total. The van der Waals surface area contributed by atoms with Gasteiger partial charge in [0.25, 0.3) is 5.56 Å². The molecule has 0 aromatic carbocycles. The van der Waals surface area contributed by atoms with Gasteiger partial charge in [-0.3, -0.25) is 13.9 Å². The molecule has 0 aliphatic carbocycles. The Labute approximate surface area is 143 Å². The summed E-state index contributed by atoms with van der Waals surface area (Å²) in [7, 11) is 4.90. The fourth-order valence-corrected chi connectivity index (χ4v) is 2.92. The molecule has 0 bridgehead atoms. The van der Waals surface area contributed by atoms with Gasteiger partial charge in [0.2, 0.25) is 0 Å². The lowest BCUT2D eigenvalue weighted by atomic mass is 10.2. The molecule has 0 aliphatic rings. The quantitative estimate of drug-likeness (QED) is 0.743. The van der Waals surface area contributed by atoms with E-state index < -0.39 is 11.2 Å². The summed E-state index contributed by atoms with van der Waals surface area (Å²) in [5.41, 5.74) is 6.93. The summed E-state index contributed by atoms with van der Waals surface area (Å²) in [5, 5.41) is 9.50. The highest BCUT2D eigenvalue weighted by Crippen LogP contribution is 2.19. The van der Waals surface area contributed by atoms with E-state index in [1.807, 2.05) is 24.4 Å². The van der Waals surface area contributed by atoms with Gasteiger partial charge in [-0.15, -0.1) is 0 Å². The first-order chi connectivity index (χ1) is 11.9. The molecule has 3 rings (SSSR count). The van der Waals surface area contributed by atoms with Gasteiger partial charge in [-0.05, 0) is 12.1 Å². The third-order valence-corrected chi connectivity index (χ3v) is 4.22. The number of pyridine rings is 1. The number of nitriles is 1. The van der Waals surface area contributed by atoms with Crippen LogP contribution in [0.1, 0.15) is 11.1 Å². The van der Waals surface area contributed by atoms with Crippen molar-refractivity contribution in [3.63, 3.8) is 0 Å². The molecule has 8 heteroatoms. The highest BCUT2D eigenvalue weighted by Gasteiger charge is 2.19. The standard InChI is InChI=1S/C17H18N6O2/c1-20(2)14-15(19)21(3)17(25)23(16(14)24)10-11-9-22-7-5-4-6-13(22)12(11)8-18/h4-7,9H,10,19H2,1-3H3. The largest absolute Gasteiger partial charge is 0.383 e. The van der Waals surface area contributed by atoms with Gasteiger partial charge in [0.15, 0.2) is 0 Å². The second-order valence-corrected chi connectivity index (χ2v) is 6.00. The normalized spacial score (nSPS) is 10.8. The second-order valence-electron chi connectivity index (χ2n) is 6.00. The number of nitrogens with zero attached hydrogens (tertiary/aromatic N) is 5. The van der Waals surface area contributed by atoms with Crippen LogP contribution in [0.2, 0.25) is 0 Å². The van der Waals surface area contributed by atoms with Gasteiger partial charge < -0.3 is 15.0 Å². The van der Waals surface area contributed by atoms with Crippen LogP contribution in [0.4, 0.5) is 11.5 Å². The number of nitrogens with two attached hydrogens (primary N) is 1. The molecule has 0 unspecified atom stereocenters. The maximum Gasteiger partial charge on any atom is 0.332 e. The smallest absolute Gasteiger partial charge is 0.332 e. The molecular weight excluding hydrogens is 320 g/mol. The van der Waals surface area contributed by atoms with Gasteiger partial charge >= 0.3 is 5.69 Å². The van der Waals surface area contributed by atoms with Gasteiger partial charge in [0, 0.05) is 39.1 Å². The van der Waals surface area contributed by atoms with Gasteiger partial charge in [-0.2, -0.15) is 5.26 Å². The molecule has 0 fully saturated rings. The Balaban J connectivity index is 2.25. The molecule has 0 aliphatic heterocycles. The van der Waals surface area contributed by atoms with Crippen LogP contribution >= 0.6 is 0 Å². The van der Waals surface area contributed by atoms with Crippen molar-refractivity contribution >= 4 is 17.0 Å². The number of fused-ring (bicyclic) bond motifs is 1. The first-order valence-electron chi connectivity index (χ1n) is 7.62. The fraction of sp³-hybridized carbons (Fsp3) is 0.235. The van der Waals surface area contributed by atoms with E-state index in [2.05, 4.69) is 6.07 Å². The van der Waals surface area contributed by atoms with Crippen molar-refractivity contribution in [2.45, 2.75) is 6.54 Å². The van der Waals surface area contributed by atoms with Gasteiger partial charge in [-0.25, -0.2) is 4.79 Å². The zero-order valence-corrected chi connectivity index (χ0v) is 14.2. The Kier molecular flexibility index (Phi) is 3.85.